The molecule has 0 aliphatic carbocycles. The third-order valence-electron chi connectivity index (χ3n) is 5.43. The molecule has 0 unspecified atom stereocenters. The van der Waals surface area contributed by atoms with Gasteiger partial charge in [0.25, 0.3) is 0 Å². The van der Waals surface area contributed by atoms with Crippen LogP contribution in [0.4, 0.5) is 24.5 Å². The average molecular weight is 454 g/mol. The number of nitrogens with one attached hydrogen (secondary N) is 1. The fraction of sp³-hybridized carbons (Fsp3) is 0.364. The van der Waals surface area contributed by atoms with Gasteiger partial charge in [-0.2, -0.15) is 13.2 Å². The van der Waals surface area contributed by atoms with Gasteiger partial charge < -0.3 is 10.2 Å². The maximum atomic E-state index is 13.3. The van der Waals surface area contributed by atoms with Crippen molar-refractivity contribution in [1.29, 1.82) is 0 Å². The zero-order valence-corrected chi connectivity index (χ0v) is 17.9. The Hall–Kier alpha value is -2.58. The highest BCUT2D eigenvalue weighted by Crippen LogP contribution is 2.36. The molecule has 0 radical (unpaired) electrons. The van der Waals surface area contributed by atoms with E-state index in [-0.39, 0.29) is 16.5 Å². The van der Waals surface area contributed by atoms with Gasteiger partial charge in [-0.15, -0.1) is 0 Å². The first-order chi connectivity index (χ1) is 14.6. The summed E-state index contributed by atoms with van der Waals surface area (Å²) in [4.78, 5) is 28.1. The van der Waals surface area contributed by atoms with Gasteiger partial charge in [-0.25, -0.2) is 0 Å². The van der Waals surface area contributed by atoms with Gasteiger partial charge in [-0.3, -0.25) is 14.5 Å². The molecule has 1 saturated heterocycles. The number of piperazine rings is 1. The lowest BCUT2D eigenvalue weighted by atomic mass is 10.1. The Morgan fingerprint density at radius 2 is 1.65 bits per heavy atom. The van der Waals surface area contributed by atoms with Crippen LogP contribution < -0.4 is 10.2 Å². The number of benzene rings is 2. The van der Waals surface area contributed by atoms with Crippen LogP contribution in [-0.2, 0) is 11.0 Å². The van der Waals surface area contributed by atoms with Crippen LogP contribution in [0, 0.1) is 0 Å². The van der Waals surface area contributed by atoms with Crippen LogP contribution in [0.15, 0.2) is 42.5 Å². The number of amides is 1. The van der Waals surface area contributed by atoms with E-state index in [0.717, 1.165) is 11.8 Å². The summed E-state index contributed by atoms with van der Waals surface area (Å²) in [6.45, 7) is 5.67. The molecule has 0 saturated carbocycles. The van der Waals surface area contributed by atoms with E-state index in [1.54, 1.807) is 19.1 Å². The molecule has 1 fully saturated rings. The summed E-state index contributed by atoms with van der Waals surface area (Å²) in [5, 5.41) is 2.35. The van der Waals surface area contributed by atoms with Gasteiger partial charge in [0.15, 0.2) is 5.78 Å². The molecule has 1 N–H and O–H groups in total. The van der Waals surface area contributed by atoms with Crippen LogP contribution in [0.1, 0.15) is 29.8 Å². The van der Waals surface area contributed by atoms with Gasteiger partial charge in [0.05, 0.1) is 17.3 Å². The van der Waals surface area contributed by atoms with Gasteiger partial charge in [0.1, 0.15) is 0 Å². The monoisotopic (exact) mass is 453 g/mol. The van der Waals surface area contributed by atoms with Crippen molar-refractivity contribution in [2.45, 2.75) is 26.1 Å². The lowest BCUT2D eigenvalue weighted by Gasteiger charge is -2.38. The number of anilines is 2. The Balaban J connectivity index is 1.61. The largest absolute Gasteiger partial charge is 0.418 e. The first-order valence-corrected chi connectivity index (χ1v) is 10.2. The number of nitrogens with zero attached hydrogens (tertiary/aromatic N) is 2. The van der Waals surface area contributed by atoms with E-state index >= 15 is 0 Å². The molecule has 2 aromatic carbocycles. The molecular formula is C22H23ClF3N3O2. The molecule has 0 bridgehead atoms. The van der Waals surface area contributed by atoms with E-state index < -0.39 is 23.7 Å². The van der Waals surface area contributed by atoms with E-state index in [1.807, 2.05) is 17.0 Å². The third-order valence-corrected chi connectivity index (χ3v) is 5.66. The molecule has 5 nitrogen and oxygen atoms in total. The highest BCUT2D eigenvalue weighted by Gasteiger charge is 2.35. The molecule has 1 atom stereocenters. The fourth-order valence-corrected chi connectivity index (χ4v) is 3.71. The van der Waals surface area contributed by atoms with Crippen LogP contribution in [0.2, 0.25) is 5.02 Å². The fourth-order valence-electron chi connectivity index (χ4n) is 3.54. The molecule has 0 aromatic heterocycles. The lowest BCUT2D eigenvalue weighted by molar-refractivity contribution is -0.137. The van der Waals surface area contributed by atoms with Crippen molar-refractivity contribution in [3.63, 3.8) is 0 Å². The number of halogens is 4. The quantitative estimate of drug-likeness (QED) is 0.666. The summed E-state index contributed by atoms with van der Waals surface area (Å²) in [6.07, 6.45) is -4.62. The van der Waals surface area contributed by atoms with E-state index in [9.17, 15) is 22.8 Å². The summed E-state index contributed by atoms with van der Waals surface area (Å²) >= 11 is 5.69. The normalized spacial score (nSPS) is 16.1. The summed E-state index contributed by atoms with van der Waals surface area (Å²) in [5.74, 6) is -0.502. The van der Waals surface area contributed by atoms with Crippen molar-refractivity contribution < 1.29 is 22.8 Å². The Morgan fingerprint density at radius 3 is 2.19 bits per heavy atom. The molecule has 9 heteroatoms. The maximum absolute atomic E-state index is 13.3. The molecule has 1 heterocycles. The van der Waals surface area contributed by atoms with Gasteiger partial charge in [-0.1, -0.05) is 11.6 Å². The van der Waals surface area contributed by atoms with Gasteiger partial charge in [0, 0.05) is 42.5 Å². The van der Waals surface area contributed by atoms with Crippen LogP contribution in [0.25, 0.3) is 0 Å². The number of rotatable bonds is 5. The molecule has 2 aromatic rings. The second-order valence-corrected chi connectivity index (χ2v) is 7.92. The number of carbonyl (C=O) groups is 2. The van der Waals surface area contributed by atoms with Crippen molar-refractivity contribution in [2.24, 2.45) is 0 Å². The Morgan fingerprint density at radius 1 is 1.03 bits per heavy atom. The van der Waals surface area contributed by atoms with E-state index in [2.05, 4.69) is 10.2 Å². The second-order valence-electron chi connectivity index (χ2n) is 7.48. The van der Waals surface area contributed by atoms with Gasteiger partial charge >= 0.3 is 6.18 Å². The minimum atomic E-state index is -4.62. The van der Waals surface area contributed by atoms with Crippen LogP contribution >= 0.6 is 11.6 Å². The van der Waals surface area contributed by atoms with Crippen molar-refractivity contribution in [1.82, 2.24) is 4.90 Å². The Bertz CT molecular complexity index is 955. The molecular weight excluding hydrogens is 431 g/mol. The predicted molar refractivity (Wildman–Crippen MR) is 115 cm³/mol. The topological polar surface area (TPSA) is 52.7 Å². The van der Waals surface area contributed by atoms with Crippen molar-refractivity contribution in [2.75, 3.05) is 36.4 Å². The summed E-state index contributed by atoms with van der Waals surface area (Å²) < 4.78 is 39.8. The lowest BCUT2D eigenvalue weighted by Crippen LogP contribution is -2.52. The Labute approximate surface area is 183 Å². The minimum Gasteiger partial charge on any atom is -0.369 e. The van der Waals surface area contributed by atoms with E-state index in [1.165, 1.54) is 19.1 Å². The number of hydrogen-bond acceptors (Lipinski definition) is 4. The first kappa shape index (κ1) is 23.1. The zero-order valence-electron chi connectivity index (χ0n) is 17.2. The van der Waals surface area contributed by atoms with Crippen molar-refractivity contribution in [3.05, 3.63) is 58.6 Å². The highest BCUT2D eigenvalue weighted by molar-refractivity contribution is 6.30. The van der Waals surface area contributed by atoms with Crippen LogP contribution in [0.3, 0.4) is 0 Å². The Kier molecular flexibility index (Phi) is 6.91. The summed E-state index contributed by atoms with van der Waals surface area (Å²) in [6, 6.07) is 10.0. The average Bonchev–Trinajstić information content (AvgIpc) is 2.74. The third kappa shape index (κ3) is 5.57. The molecule has 1 aliphatic rings. The minimum absolute atomic E-state index is 0.00516. The molecule has 0 spiro atoms. The van der Waals surface area contributed by atoms with Gasteiger partial charge in [0.2, 0.25) is 5.91 Å². The molecule has 1 aliphatic heterocycles. The number of ketones is 1. The van der Waals surface area contributed by atoms with Crippen LogP contribution in [-0.4, -0.2) is 48.8 Å². The molecule has 166 valence electrons. The van der Waals surface area contributed by atoms with Crippen molar-refractivity contribution >= 4 is 34.7 Å². The van der Waals surface area contributed by atoms with Gasteiger partial charge in [-0.05, 0) is 56.3 Å². The first-order valence-electron chi connectivity index (χ1n) is 9.84. The molecule has 1 amide bonds. The number of hydrogen-bond donors (Lipinski definition) is 1. The van der Waals surface area contributed by atoms with E-state index in [0.29, 0.717) is 31.7 Å². The molecule has 3 rings (SSSR count). The van der Waals surface area contributed by atoms with Crippen LogP contribution in [0.5, 0.6) is 0 Å². The number of Topliss-reactive ketones (excluding diaryl/α,β-unsaturated/α-hetero) is 1. The second kappa shape index (κ2) is 9.28. The SMILES string of the molecule is CC(=O)c1ccc(N2CCN([C@@H](C)C(=O)Nc3ccc(Cl)cc3C(F)(F)F)CC2)cc1. The van der Waals surface area contributed by atoms with E-state index in [4.69, 9.17) is 11.6 Å². The smallest absolute Gasteiger partial charge is 0.369 e. The maximum Gasteiger partial charge on any atom is 0.418 e. The molecule has 31 heavy (non-hydrogen) atoms. The predicted octanol–water partition coefficient (Wildman–Crippen LogP) is 4.71. The zero-order chi connectivity index (χ0) is 22.8. The summed E-state index contributed by atoms with van der Waals surface area (Å²) in [5.41, 5.74) is 0.350. The number of alkyl halides is 3. The van der Waals surface area contributed by atoms with Crippen molar-refractivity contribution in [3.8, 4) is 0 Å². The number of carbonyl (C=O) groups excluding carboxylic acids is 2. The highest BCUT2D eigenvalue weighted by atomic mass is 35.5. The standard InChI is InChI=1S/C22H23ClF3N3O2/c1-14(21(31)27-20-8-5-17(23)13-19(20)22(24,25)26)28-9-11-29(12-10-28)18-6-3-16(4-7-18)15(2)30/h3-8,13-14H,9-12H2,1-2H3,(H,27,31)/t14-/m0/s1. The summed E-state index contributed by atoms with van der Waals surface area (Å²) in [7, 11) is 0.